The molecule has 1 aromatic heterocycles. The quantitative estimate of drug-likeness (QED) is 0.592. The molecule has 1 aliphatic rings. The number of benzene rings is 1. The molecule has 1 nitrogen and oxygen atoms in total. The summed E-state index contributed by atoms with van der Waals surface area (Å²) >= 11 is 0. The third-order valence-electron chi connectivity index (χ3n) is 5.78. The number of pyridine rings is 1. The van der Waals surface area contributed by atoms with Crippen LogP contribution in [0.4, 0.5) is 0 Å². The third kappa shape index (κ3) is 3.01. The van der Waals surface area contributed by atoms with E-state index in [2.05, 4.69) is 78.8 Å². The zero-order chi connectivity index (χ0) is 17.8. The Labute approximate surface area is 147 Å². The van der Waals surface area contributed by atoms with E-state index < -0.39 is 0 Å². The van der Waals surface area contributed by atoms with Crippen molar-refractivity contribution >= 4 is 0 Å². The monoisotopic (exact) mass is 321 g/mol. The Kier molecular flexibility index (Phi) is 3.90. The third-order valence-corrected chi connectivity index (χ3v) is 5.78. The van der Waals surface area contributed by atoms with Gasteiger partial charge in [-0.25, -0.2) is 0 Å². The Morgan fingerprint density at radius 1 is 0.833 bits per heavy atom. The number of hydrogen-bond donors (Lipinski definition) is 0. The fourth-order valence-electron chi connectivity index (χ4n) is 3.76. The Balaban J connectivity index is 2.05. The highest BCUT2D eigenvalue weighted by Crippen LogP contribution is 2.46. The second-order valence-corrected chi connectivity index (χ2v) is 9.71. The average Bonchev–Trinajstić information content (AvgIpc) is 2.51. The Bertz CT molecular complexity index is 743. The van der Waals surface area contributed by atoms with Crippen LogP contribution < -0.4 is 0 Å². The van der Waals surface area contributed by atoms with E-state index in [1.54, 1.807) is 0 Å². The molecule has 0 N–H and O–H groups in total. The summed E-state index contributed by atoms with van der Waals surface area (Å²) in [6.45, 7) is 16.2. The minimum absolute atomic E-state index is 0.146. The first kappa shape index (κ1) is 17.2. The van der Waals surface area contributed by atoms with Gasteiger partial charge >= 0.3 is 0 Å². The molecule has 0 radical (unpaired) electrons. The lowest BCUT2D eigenvalue weighted by atomic mass is 9.63. The summed E-state index contributed by atoms with van der Waals surface area (Å²) in [7, 11) is 0. The molecule has 24 heavy (non-hydrogen) atoms. The molecule has 1 heteroatoms. The largest absolute Gasteiger partial charge is 0.256 e. The molecular weight excluding hydrogens is 290 g/mol. The molecule has 0 saturated carbocycles. The maximum absolute atomic E-state index is 4.75. The molecule has 0 aliphatic heterocycles. The summed E-state index contributed by atoms with van der Waals surface area (Å²) in [5.74, 6) is 0. The van der Waals surface area contributed by atoms with Crippen molar-refractivity contribution in [3.8, 4) is 11.3 Å². The van der Waals surface area contributed by atoms with E-state index in [1.165, 1.54) is 35.1 Å². The van der Waals surface area contributed by atoms with Crippen LogP contribution in [0, 0.1) is 0 Å². The predicted molar refractivity (Wildman–Crippen MR) is 104 cm³/mol. The lowest BCUT2D eigenvalue weighted by molar-refractivity contribution is 0.332. The minimum Gasteiger partial charge on any atom is -0.256 e. The summed E-state index contributed by atoms with van der Waals surface area (Å²) in [4.78, 5) is 4.75. The molecule has 1 heterocycles. The lowest BCUT2D eigenvalue weighted by Gasteiger charge is -2.42. The van der Waals surface area contributed by atoms with Gasteiger partial charge in [-0.05, 0) is 57.9 Å². The molecule has 0 amide bonds. The van der Waals surface area contributed by atoms with Crippen LogP contribution in [0.2, 0.25) is 0 Å². The summed E-state index contributed by atoms with van der Waals surface area (Å²) in [6, 6.07) is 11.4. The standard InChI is InChI=1S/C23H31N/c1-21(2,3)17-9-11-20(24-15-17)16-8-10-18-19(14-16)23(6,7)13-12-22(18,4)5/h8-11,14-15H,12-13H2,1-7H3. The molecule has 2 aromatic rings. The predicted octanol–water partition coefficient (Wildman–Crippen LogP) is 6.40. The number of rotatable bonds is 1. The molecule has 3 rings (SSSR count). The van der Waals surface area contributed by atoms with Crippen molar-refractivity contribution in [3.05, 3.63) is 53.2 Å². The second-order valence-electron chi connectivity index (χ2n) is 9.71. The van der Waals surface area contributed by atoms with E-state index >= 15 is 0 Å². The first-order valence-corrected chi connectivity index (χ1v) is 9.13. The SMILES string of the molecule is CC(C)(C)c1ccc(-c2ccc3c(c2)C(C)(C)CCC3(C)C)nc1. The number of nitrogens with zero attached hydrogens (tertiary/aromatic N) is 1. The molecule has 1 aliphatic carbocycles. The van der Waals surface area contributed by atoms with Crippen molar-refractivity contribution in [2.24, 2.45) is 0 Å². The Morgan fingerprint density at radius 3 is 2.00 bits per heavy atom. The van der Waals surface area contributed by atoms with Gasteiger partial charge < -0.3 is 0 Å². The van der Waals surface area contributed by atoms with Crippen LogP contribution in [-0.2, 0) is 16.2 Å². The van der Waals surface area contributed by atoms with Gasteiger partial charge in [-0.3, -0.25) is 4.98 Å². The van der Waals surface area contributed by atoms with Crippen LogP contribution in [0.3, 0.4) is 0 Å². The molecule has 0 saturated heterocycles. The van der Waals surface area contributed by atoms with E-state index in [0.29, 0.717) is 0 Å². The normalized spacial score (nSPS) is 19.0. The fraction of sp³-hybridized carbons (Fsp3) is 0.522. The van der Waals surface area contributed by atoms with Gasteiger partial charge in [0.25, 0.3) is 0 Å². The van der Waals surface area contributed by atoms with Crippen molar-refractivity contribution in [2.75, 3.05) is 0 Å². The van der Waals surface area contributed by atoms with Crippen LogP contribution >= 0.6 is 0 Å². The topological polar surface area (TPSA) is 12.9 Å². The van der Waals surface area contributed by atoms with Crippen LogP contribution in [-0.4, -0.2) is 4.98 Å². The molecule has 128 valence electrons. The van der Waals surface area contributed by atoms with Gasteiger partial charge in [-0.1, -0.05) is 66.7 Å². The van der Waals surface area contributed by atoms with E-state index in [-0.39, 0.29) is 16.2 Å². The molecule has 0 unspecified atom stereocenters. The van der Waals surface area contributed by atoms with Gasteiger partial charge in [0.15, 0.2) is 0 Å². The number of aromatic nitrogens is 1. The zero-order valence-electron chi connectivity index (χ0n) is 16.3. The second kappa shape index (κ2) is 5.44. The summed E-state index contributed by atoms with van der Waals surface area (Å²) < 4.78 is 0. The van der Waals surface area contributed by atoms with Crippen LogP contribution in [0.25, 0.3) is 11.3 Å². The van der Waals surface area contributed by atoms with Crippen molar-refractivity contribution in [1.82, 2.24) is 4.98 Å². The van der Waals surface area contributed by atoms with E-state index in [9.17, 15) is 0 Å². The van der Waals surface area contributed by atoms with Gasteiger partial charge in [0.2, 0.25) is 0 Å². The first-order chi connectivity index (χ1) is 11.0. The molecule has 1 aromatic carbocycles. The van der Waals surface area contributed by atoms with Gasteiger partial charge in [-0.2, -0.15) is 0 Å². The summed E-state index contributed by atoms with van der Waals surface area (Å²) in [6.07, 6.45) is 4.53. The highest BCUT2D eigenvalue weighted by Gasteiger charge is 2.37. The number of fused-ring (bicyclic) bond motifs is 1. The summed E-state index contributed by atoms with van der Waals surface area (Å²) in [5.41, 5.74) is 7.26. The smallest absolute Gasteiger partial charge is 0.0702 e. The lowest BCUT2D eigenvalue weighted by Crippen LogP contribution is -2.33. The highest BCUT2D eigenvalue weighted by atomic mass is 14.7. The van der Waals surface area contributed by atoms with Crippen molar-refractivity contribution in [2.45, 2.75) is 77.6 Å². The number of hydrogen-bond acceptors (Lipinski definition) is 1. The van der Waals surface area contributed by atoms with Crippen molar-refractivity contribution in [1.29, 1.82) is 0 Å². The van der Waals surface area contributed by atoms with E-state index in [1.807, 2.05) is 6.20 Å². The maximum atomic E-state index is 4.75. The van der Waals surface area contributed by atoms with Crippen molar-refractivity contribution in [3.63, 3.8) is 0 Å². The molecule has 0 fully saturated rings. The Morgan fingerprint density at radius 2 is 1.46 bits per heavy atom. The fourth-order valence-corrected chi connectivity index (χ4v) is 3.76. The zero-order valence-corrected chi connectivity index (χ0v) is 16.3. The Hall–Kier alpha value is -1.63. The molecule has 0 spiro atoms. The van der Waals surface area contributed by atoms with Gasteiger partial charge in [0.05, 0.1) is 5.69 Å². The molecular formula is C23H31N. The maximum Gasteiger partial charge on any atom is 0.0702 e. The summed E-state index contributed by atoms with van der Waals surface area (Å²) in [5, 5.41) is 0. The van der Waals surface area contributed by atoms with Gasteiger partial charge in [0, 0.05) is 11.8 Å². The van der Waals surface area contributed by atoms with Crippen molar-refractivity contribution < 1.29 is 0 Å². The van der Waals surface area contributed by atoms with E-state index in [0.717, 1.165) is 5.69 Å². The van der Waals surface area contributed by atoms with Crippen LogP contribution in [0.15, 0.2) is 36.5 Å². The molecule has 0 atom stereocenters. The van der Waals surface area contributed by atoms with Crippen LogP contribution in [0.1, 0.15) is 78.0 Å². The average molecular weight is 322 g/mol. The van der Waals surface area contributed by atoms with E-state index in [4.69, 9.17) is 4.98 Å². The first-order valence-electron chi connectivity index (χ1n) is 9.13. The molecule has 0 bridgehead atoms. The van der Waals surface area contributed by atoms with Gasteiger partial charge in [-0.15, -0.1) is 0 Å². The minimum atomic E-state index is 0.146. The highest BCUT2D eigenvalue weighted by molar-refractivity contribution is 5.63. The van der Waals surface area contributed by atoms with Crippen LogP contribution in [0.5, 0.6) is 0 Å². The van der Waals surface area contributed by atoms with Gasteiger partial charge in [0.1, 0.15) is 0 Å².